The topological polar surface area (TPSA) is 44.8 Å². The van der Waals surface area contributed by atoms with Crippen molar-refractivity contribution in [1.29, 1.82) is 0 Å². The molecule has 0 atom stereocenters. The number of Topliss-reactive ketones (excluding diaryl/α,β-unsaturated/α-hetero) is 1. The van der Waals surface area contributed by atoms with E-state index in [9.17, 15) is 4.79 Å². The Labute approximate surface area is 100 Å². The fourth-order valence-corrected chi connectivity index (χ4v) is 1.68. The predicted octanol–water partition coefficient (Wildman–Crippen LogP) is 2.07. The van der Waals surface area contributed by atoms with Crippen molar-refractivity contribution in [1.82, 2.24) is 0 Å². The lowest BCUT2D eigenvalue weighted by Crippen LogP contribution is -2.19. The van der Waals surface area contributed by atoms with Gasteiger partial charge >= 0.3 is 0 Å². The first-order chi connectivity index (χ1) is 8.33. The molecule has 1 heterocycles. The maximum Gasteiger partial charge on any atom is 0.192 e. The van der Waals surface area contributed by atoms with Crippen LogP contribution >= 0.6 is 0 Å². The van der Waals surface area contributed by atoms with Gasteiger partial charge in [0.25, 0.3) is 0 Å². The summed E-state index contributed by atoms with van der Waals surface area (Å²) in [5, 5.41) is 0. The zero-order valence-corrected chi connectivity index (χ0v) is 9.90. The van der Waals surface area contributed by atoms with Crippen molar-refractivity contribution in [2.75, 3.05) is 26.4 Å². The van der Waals surface area contributed by atoms with E-state index in [0.29, 0.717) is 36.9 Å². The number of hydrogen-bond acceptors (Lipinski definition) is 4. The molecule has 1 aliphatic rings. The van der Waals surface area contributed by atoms with E-state index in [1.807, 2.05) is 6.92 Å². The van der Waals surface area contributed by atoms with Crippen LogP contribution in [0.1, 0.15) is 23.7 Å². The highest BCUT2D eigenvalue weighted by atomic mass is 16.6. The molecule has 92 valence electrons. The maximum atomic E-state index is 11.9. The lowest BCUT2D eigenvalue weighted by atomic mass is 10.1. The minimum Gasteiger partial charge on any atom is -0.486 e. The van der Waals surface area contributed by atoms with Crippen molar-refractivity contribution in [2.24, 2.45) is 0 Å². The molecule has 0 spiro atoms. The van der Waals surface area contributed by atoms with Crippen LogP contribution in [0.5, 0.6) is 11.5 Å². The summed E-state index contributed by atoms with van der Waals surface area (Å²) in [6.45, 7) is 3.70. The molecule has 0 bridgehead atoms. The van der Waals surface area contributed by atoms with Gasteiger partial charge in [-0.1, -0.05) is 13.0 Å². The molecule has 17 heavy (non-hydrogen) atoms. The van der Waals surface area contributed by atoms with Gasteiger partial charge in [0.05, 0.1) is 5.56 Å². The molecule has 0 unspecified atom stereocenters. The number of carbonyl (C=O) groups excluding carboxylic acids is 1. The Morgan fingerprint density at radius 1 is 1.35 bits per heavy atom. The normalized spacial score (nSPS) is 13.5. The van der Waals surface area contributed by atoms with E-state index < -0.39 is 0 Å². The second-order valence-electron chi connectivity index (χ2n) is 3.81. The minimum atomic E-state index is -0.0687. The molecule has 1 aromatic carbocycles. The van der Waals surface area contributed by atoms with Crippen molar-refractivity contribution in [3.63, 3.8) is 0 Å². The van der Waals surface area contributed by atoms with Gasteiger partial charge in [-0.05, 0) is 18.6 Å². The third kappa shape index (κ3) is 2.77. The summed E-state index contributed by atoms with van der Waals surface area (Å²) in [6, 6.07) is 5.34. The molecule has 4 nitrogen and oxygen atoms in total. The molecule has 0 saturated heterocycles. The van der Waals surface area contributed by atoms with Crippen molar-refractivity contribution >= 4 is 5.78 Å². The average molecular weight is 236 g/mol. The zero-order chi connectivity index (χ0) is 12.1. The molecule has 0 fully saturated rings. The number of ketones is 1. The van der Waals surface area contributed by atoms with E-state index in [1.54, 1.807) is 18.2 Å². The van der Waals surface area contributed by atoms with E-state index in [0.717, 1.165) is 6.42 Å². The molecule has 1 aliphatic heterocycles. The van der Waals surface area contributed by atoms with E-state index >= 15 is 0 Å². The van der Waals surface area contributed by atoms with Crippen molar-refractivity contribution in [3.05, 3.63) is 23.8 Å². The second kappa shape index (κ2) is 5.68. The molecule has 0 aromatic heterocycles. The van der Waals surface area contributed by atoms with Gasteiger partial charge < -0.3 is 14.2 Å². The Kier molecular flexibility index (Phi) is 3.98. The van der Waals surface area contributed by atoms with Crippen LogP contribution in [0.25, 0.3) is 0 Å². The highest BCUT2D eigenvalue weighted by Gasteiger charge is 2.19. The highest BCUT2D eigenvalue weighted by molar-refractivity contribution is 6.00. The largest absolute Gasteiger partial charge is 0.486 e. The smallest absolute Gasteiger partial charge is 0.192 e. The summed E-state index contributed by atoms with van der Waals surface area (Å²) >= 11 is 0. The second-order valence-corrected chi connectivity index (χ2v) is 3.81. The molecular weight excluding hydrogens is 220 g/mol. The van der Waals surface area contributed by atoms with Gasteiger partial charge in [0, 0.05) is 6.61 Å². The van der Waals surface area contributed by atoms with Crippen molar-refractivity contribution < 1.29 is 19.0 Å². The summed E-state index contributed by atoms with van der Waals surface area (Å²) in [5.41, 5.74) is 0.540. The fourth-order valence-electron chi connectivity index (χ4n) is 1.68. The first kappa shape index (κ1) is 11.9. The molecule has 1 aromatic rings. The van der Waals surface area contributed by atoms with Crippen LogP contribution in [0.4, 0.5) is 0 Å². The SMILES string of the molecule is CCCOCC(=O)c1cccc2c1OCCO2. The Balaban J connectivity index is 2.12. The van der Waals surface area contributed by atoms with Crippen LogP contribution < -0.4 is 9.47 Å². The lowest BCUT2D eigenvalue weighted by Gasteiger charge is -2.20. The van der Waals surface area contributed by atoms with Gasteiger partial charge in [-0.25, -0.2) is 0 Å². The molecule has 4 heteroatoms. The fraction of sp³-hybridized carbons (Fsp3) is 0.462. The van der Waals surface area contributed by atoms with Crippen molar-refractivity contribution in [3.8, 4) is 11.5 Å². The first-order valence-corrected chi connectivity index (χ1v) is 5.82. The standard InChI is InChI=1S/C13H16O4/c1-2-6-15-9-11(14)10-4-3-5-12-13(10)17-8-7-16-12/h3-5H,2,6-9H2,1H3. The van der Waals surface area contributed by atoms with Crippen LogP contribution in [0.2, 0.25) is 0 Å². The number of ether oxygens (including phenoxy) is 3. The van der Waals surface area contributed by atoms with E-state index in [4.69, 9.17) is 14.2 Å². The quantitative estimate of drug-likeness (QED) is 0.580. The number of rotatable bonds is 5. The molecule has 0 amide bonds. The molecule has 0 aliphatic carbocycles. The number of benzene rings is 1. The van der Waals surface area contributed by atoms with Gasteiger partial charge in [0.15, 0.2) is 17.3 Å². The van der Waals surface area contributed by atoms with Gasteiger partial charge in [-0.15, -0.1) is 0 Å². The molecule has 0 saturated carbocycles. The van der Waals surface area contributed by atoms with Crippen LogP contribution in [0.15, 0.2) is 18.2 Å². The van der Waals surface area contributed by atoms with Crippen LogP contribution in [0.3, 0.4) is 0 Å². The van der Waals surface area contributed by atoms with E-state index in [1.165, 1.54) is 0 Å². The van der Waals surface area contributed by atoms with Gasteiger partial charge in [-0.2, -0.15) is 0 Å². The summed E-state index contributed by atoms with van der Waals surface area (Å²) in [4.78, 5) is 11.9. The van der Waals surface area contributed by atoms with Crippen LogP contribution in [-0.4, -0.2) is 32.2 Å². The van der Waals surface area contributed by atoms with E-state index in [-0.39, 0.29) is 12.4 Å². The van der Waals surface area contributed by atoms with Crippen LogP contribution in [0, 0.1) is 0 Å². The molecule has 0 N–H and O–H groups in total. The zero-order valence-electron chi connectivity index (χ0n) is 9.90. The van der Waals surface area contributed by atoms with Gasteiger partial charge in [0.2, 0.25) is 0 Å². The van der Waals surface area contributed by atoms with Crippen LogP contribution in [-0.2, 0) is 4.74 Å². The minimum absolute atomic E-state index is 0.0687. The summed E-state index contributed by atoms with van der Waals surface area (Å²) in [5.74, 6) is 1.11. The Morgan fingerprint density at radius 3 is 3.00 bits per heavy atom. The Hall–Kier alpha value is -1.55. The third-order valence-electron chi connectivity index (χ3n) is 2.45. The van der Waals surface area contributed by atoms with Crippen molar-refractivity contribution in [2.45, 2.75) is 13.3 Å². The number of para-hydroxylation sites is 1. The maximum absolute atomic E-state index is 11.9. The first-order valence-electron chi connectivity index (χ1n) is 5.82. The Morgan fingerprint density at radius 2 is 2.18 bits per heavy atom. The summed E-state index contributed by atoms with van der Waals surface area (Å²) in [6.07, 6.45) is 0.903. The molecule has 0 radical (unpaired) electrons. The van der Waals surface area contributed by atoms with Gasteiger partial charge in [0.1, 0.15) is 19.8 Å². The Bertz CT molecular complexity index is 400. The highest BCUT2D eigenvalue weighted by Crippen LogP contribution is 2.33. The summed E-state index contributed by atoms with van der Waals surface area (Å²) in [7, 11) is 0. The third-order valence-corrected chi connectivity index (χ3v) is 2.45. The number of fused-ring (bicyclic) bond motifs is 1. The molecular formula is C13H16O4. The van der Waals surface area contributed by atoms with Gasteiger partial charge in [-0.3, -0.25) is 4.79 Å². The number of carbonyl (C=O) groups is 1. The predicted molar refractivity (Wildman–Crippen MR) is 62.9 cm³/mol. The van der Waals surface area contributed by atoms with E-state index in [2.05, 4.69) is 0 Å². The lowest BCUT2D eigenvalue weighted by molar-refractivity contribution is 0.0752. The number of hydrogen-bond donors (Lipinski definition) is 0. The monoisotopic (exact) mass is 236 g/mol. The molecule has 2 rings (SSSR count). The average Bonchev–Trinajstić information content (AvgIpc) is 2.38. The summed E-state index contributed by atoms with van der Waals surface area (Å²) < 4.78 is 16.1.